The molecular formula is C19H33N3O5S. The molecule has 1 rings (SSSR count). The average molecular weight is 416 g/mol. The molecule has 0 saturated heterocycles. The molecule has 0 atom stereocenters. The lowest BCUT2D eigenvalue weighted by Crippen LogP contribution is -2.31. The van der Waals surface area contributed by atoms with E-state index in [1.165, 1.54) is 16.4 Å². The maximum Gasteiger partial charge on any atom is 0.253 e. The number of hydrogen-bond donors (Lipinski definition) is 2. The van der Waals surface area contributed by atoms with E-state index in [2.05, 4.69) is 10.6 Å². The SMILES string of the molecule is CCOCCCNC(=O)c1cc(S(=O)(=O)N(CC)CC)ccc1NCCOC. The van der Waals surface area contributed by atoms with E-state index in [0.717, 1.165) is 0 Å². The molecule has 0 aliphatic heterocycles. The van der Waals surface area contributed by atoms with Crippen LogP contribution in [0.4, 0.5) is 5.69 Å². The molecule has 2 N–H and O–H groups in total. The van der Waals surface area contributed by atoms with Gasteiger partial charge in [0, 0.05) is 52.2 Å². The number of nitrogens with one attached hydrogen (secondary N) is 2. The van der Waals surface area contributed by atoms with Gasteiger partial charge < -0.3 is 20.1 Å². The number of amides is 1. The van der Waals surface area contributed by atoms with E-state index in [1.54, 1.807) is 27.0 Å². The van der Waals surface area contributed by atoms with E-state index < -0.39 is 10.0 Å². The topological polar surface area (TPSA) is 97.0 Å². The summed E-state index contributed by atoms with van der Waals surface area (Å²) in [6.07, 6.45) is 0.684. The van der Waals surface area contributed by atoms with Crippen LogP contribution in [0.5, 0.6) is 0 Å². The lowest BCUT2D eigenvalue weighted by molar-refractivity contribution is 0.0944. The monoisotopic (exact) mass is 415 g/mol. The second-order valence-corrected chi connectivity index (χ2v) is 7.96. The summed E-state index contributed by atoms with van der Waals surface area (Å²) in [6, 6.07) is 4.58. The minimum absolute atomic E-state index is 0.105. The summed E-state index contributed by atoms with van der Waals surface area (Å²) in [4.78, 5) is 12.8. The molecule has 0 aliphatic carbocycles. The minimum atomic E-state index is -3.65. The molecule has 0 unspecified atom stereocenters. The predicted molar refractivity (Wildman–Crippen MR) is 110 cm³/mol. The van der Waals surface area contributed by atoms with Crippen molar-refractivity contribution in [2.45, 2.75) is 32.1 Å². The van der Waals surface area contributed by atoms with Crippen LogP contribution in [-0.2, 0) is 19.5 Å². The molecule has 8 nitrogen and oxygen atoms in total. The molecule has 0 fully saturated rings. The number of carbonyl (C=O) groups is 1. The third-order valence-corrected chi connectivity index (χ3v) is 6.20. The van der Waals surface area contributed by atoms with Gasteiger partial charge in [0.25, 0.3) is 5.91 Å². The Bertz CT molecular complexity index is 706. The van der Waals surface area contributed by atoms with Crippen molar-refractivity contribution in [1.82, 2.24) is 9.62 Å². The highest BCUT2D eigenvalue weighted by molar-refractivity contribution is 7.89. The van der Waals surface area contributed by atoms with E-state index in [1.807, 2.05) is 6.92 Å². The highest BCUT2D eigenvalue weighted by Gasteiger charge is 2.24. The van der Waals surface area contributed by atoms with Crippen molar-refractivity contribution in [2.75, 3.05) is 58.4 Å². The first-order valence-electron chi connectivity index (χ1n) is 9.65. The Morgan fingerprint density at radius 2 is 1.82 bits per heavy atom. The van der Waals surface area contributed by atoms with Crippen LogP contribution < -0.4 is 10.6 Å². The summed E-state index contributed by atoms with van der Waals surface area (Å²) in [7, 11) is -2.06. The largest absolute Gasteiger partial charge is 0.383 e. The fourth-order valence-corrected chi connectivity index (χ4v) is 4.13. The van der Waals surface area contributed by atoms with E-state index in [0.29, 0.717) is 63.7 Å². The van der Waals surface area contributed by atoms with Crippen molar-refractivity contribution in [2.24, 2.45) is 0 Å². The van der Waals surface area contributed by atoms with Crippen LogP contribution in [0.15, 0.2) is 23.1 Å². The van der Waals surface area contributed by atoms with Crippen LogP contribution in [0.25, 0.3) is 0 Å². The lowest BCUT2D eigenvalue weighted by atomic mass is 10.1. The Morgan fingerprint density at radius 1 is 1.11 bits per heavy atom. The van der Waals surface area contributed by atoms with Crippen molar-refractivity contribution in [3.8, 4) is 0 Å². The molecule has 1 aromatic carbocycles. The molecule has 0 radical (unpaired) electrons. The third kappa shape index (κ3) is 7.05. The first-order valence-corrected chi connectivity index (χ1v) is 11.1. The number of hydrogen-bond acceptors (Lipinski definition) is 6. The maximum atomic E-state index is 12.8. The van der Waals surface area contributed by atoms with Crippen LogP contribution in [0.1, 0.15) is 37.6 Å². The maximum absolute atomic E-state index is 12.8. The summed E-state index contributed by atoms with van der Waals surface area (Å²) >= 11 is 0. The Hall–Kier alpha value is -1.68. The first-order chi connectivity index (χ1) is 13.4. The standard InChI is InChI=1S/C19H33N3O5S/c1-5-22(6-2)28(24,25)16-9-10-18(20-12-14-26-4)17(15-16)19(23)21-11-8-13-27-7-3/h9-10,15,20H,5-8,11-14H2,1-4H3,(H,21,23). The number of methoxy groups -OCH3 is 1. The Morgan fingerprint density at radius 3 is 2.43 bits per heavy atom. The van der Waals surface area contributed by atoms with E-state index >= 15 is 0 Å². The number of rotatable bonds is 14. The van der Waals surface area contributed by atoms with Crippen LogP contribution in [0.3, 0.4) is 0 Å². The predicted octanol–water partition coefficient (Wildman–Crippen LogP) is 1.93. The van der Waals surface area contributed by atoms with Crippen molar-refractivity contribution in [1.29, 1.82) is 0 Å². The number of benzene rings is 1. The average Bonchev–Trinajstić information content (AvgIpc) is 2.68. The van der Waals surface area contributed by atoms with Gasteiger partial charge in [0.15, 0.2) is 0 Å². The molecule has 9 heteroatoms. The number of nitrogens with zero attached hydrogens (tertiary/aromatic N) is 1. The van der Waals surface area contributed by atoms with Gasteiger partial charge in [-0.15, -0.1) is 0 Å². The molecule has 0 saturated carbocycles. The number of carbonyl (C=O) groups excluding carboxylic acids is 1. The van der Waals surface area contributed by atoms with E-state index in [-0.39, 0.29) is 10.8 Å². The Balaban J connectivity index is 3.08. The van der Waals surface area contributed by atoms with E-state index in [9.17, 15) is 13.2 Å². The van der Waals surface area contributed by atoms with Crippen LogP contribution in [-0.4, -0.2) is 71.7 Å². The third-order valence-electron chi connectivity index (χ3n) is 4.16. The highest BCUT2D eigenvalue weighted by atomic mass is 32.2. The van der Waals surface area contributed by atoms with Gasteiger partial charge >= 0.3 is 0 Å². The number of sulfonamides is 1. The van der Waals surface area contributed by atoms with Crippen LogP contribution in [0, 0.1) is 0 Å². The van der Waals surface area contributed by atoms with Crippen LogP contribution >= 0.6 is 0 Å². The molecule has 0 aliphatic rings. The van der Waals surface area contributed by atoms with Crippen LogP contribution in [0.2, 0.25) is 0 Å². The summed E-state index contributed by atoms with van der Waals surface area (Å²) in [5, 5.41) is 5.95. The van der Waals surface area contributed by atoms with Crippen molar-refractivity contribution >= 4 is 21.6 Å². The molecule has 160 valence electrons. The van der Waals surface area contributed by atoms with Gasteiger partial charge in [-0.3, -0.25) is 4.79 Å². The smallest absolute Gasteiger partial charge is 0.253 e. The molecule has 0 aromatic heterocycles. The summed E-state index contributed by atoms with van der Waals surface area (Å²) < 4.78 is 37.3. The van der Waals surface area contributed by atoms with Crippen molar-refractivity contribution in [3.05, 3.63) is 23.8 Å². The number of ether oxygens (including phenoxy) is 2. The summed E-state index contributed by atoms with van der Waals surface area (Å²) in [5.74, 6) is -0.326. The van der Waals surface area contributed by atoms with Gasteiger partial charge in [-0.1, -0.05) is 13.8 Å². The molecular weight excluding hydrogens is 382 g/mol. The zero-order valence-electron chi connectivity index (χ0n) is 17.3. The molecule has 1 aromatic rings. The fraction of sp³-hybridized carbons (Fsp3) is 0.632. The molecule has 0 spiro atoms. The normalized spacial score (nSPS) is 11.6. The van der Waals surface area contributed by atoms with Gasteiger partial charge in [-0.05, 0) is 31.5 Å². The molecule has 28 heavy (non-hydrogen) atoms. The van der Waals surface area contributed by atoms with Crippen molar-refractivity contribution < 1.29 is 22.7 Å². The fourth-order valence-electron chi connectivity index (χ4n) is 2.64. The molecule has 0 bridgehead atoms. The van der Waals surface area contributed by atoms with Gasteiger partial charge in [0.2, 0.25) is 10.0 Å². The van der Waals surface area contributed by atoms with Gasteiger partial charge in [0.1, 0.15) is 0 Å². The zero-order valence-corrected chi connectivity index (χ0v) is 18.1. The summed E-state index contributed by atoms with van der Waals surface area (Å²) in [5.41, 5.74) is 0.860. The lowest BCUT2D eigenvalue weighted by Gasteiger charge is -2.20. The second-order valence-electron chi connectivity index (χ2n) is 6.02. The number of anilines is 1. The highest BCUT2D eigenvalue weighted by Crippen LogP contribution is 2.23. The van der Waals surface area contributed by atoms with Gasteiger partial charge in [0.05, 0.1) is 17.1 Å². The minimum Gasteiger partial charge on any atom is -0.383 e. The summed E-state index contributed by atoms with van der Waals surface area (Å²) in [6.45, 7) is 8.83. The quantitative estimate of drug-likeness (QED) is 0.451. The van der Waals surface area contributed by atoms with Crippen molar-refractivity contribution in [3.63, 3.8) is 0 Å². The second kappa shape index (κ2) is 12.7. The van der Waals surface area contributed by atoms with Gasteiger partial charge in [-0.25, -0.2) is 8.42 Å². The van der Waals surface area contributed by atoms with E-state index in [4.69, 9.17) is 9.47 Å². The molecule has 1 amide bonds. The Kier molecular flexibility index (Phi) is 11.1. The molecule has 0 heterocycles. The Labute approximate surface area is 168 Å². The zero-order chi connectivity index (χ0) is 21.0. The van der Waals surface area contributed by atoms with Gasteiger partial charge in [-0.2, -0.15) is 4.31 Å². The first kappa shape index (κ1) is 24.4.